The number of carboxylic acids is 1. The Balaban J connectivity index is 2.22. The van der Waals surface area contributed by atoms with Gasteiger partial charge in [0.15, 0.2) is 0 Å². The second-order valence-electron chi connectivity index (χ2n) is 3.81. The summed E-state index contributed by atoms with van der Waals surface area (Å²) in [5.74, 6) is -1.72. The summed E-state index contributed by atoms with van der Waals surface area (Å²) in [6.45, 7) is 0. The minimum Gasteiger partial charge on any atom is -0.480 e. The minimum absolute atomic E-state index is 0.123. The van der Waals surface area contributed by atoms with Crippen LogP contribution in [0.25, 0.3) is 0 Å². The maximum atomic E-state index is 11.6. The van der Waals surface area contributed by atoms with Crippen molar-refractivity contribution in [2.75, 3.05) is 5.32 Å². The summed E-state index contributed by atoms with van der Waals surface area (Å²) < 4.78 is 0. The molecule has 1 aromatic rings. The number of carbonyl (C=O) groups excluding carboxylic acids is 1. The van der Waals surface area contributed by atoms with Crippen molar-refractivity contribution in [3.63, 3.8) is 0 Å². The molecule has 0 aliphatic carbocycles. The molecule has 1 aromatic carbocycles. The zero-order chi connectivity index (χ0) is 11.7. The van der Waals surface area contributed by atoms with Gasteiger partial charge in [-0.3, -0.25) is 9.59 Å². The zero-order valence-electron chi connectivity index (χ0n) is 8.51. The molecule has 16 heavy (non-hydrogen) atoms. The molecule has 1 amide bonds. The summed E-state index contributed by atoms with van der Waals surface area (Å²) in [5.41, 5.74) is 7.00. The van der Waals surface area contributed by atoms with Gasteiger partial charge in [0.25, 0.3) is 0 Å². The van der Waals surface area contributed by atoms with Crippen LogP contribution in [0.4, 0.5) is 5.69 Å². The number of anilines is 1. The molecule has 84 valence electrons. The van der Waals surface area contributed by atoms with E-state index in [1.807, 2.05) is 18.2 Å². The van der Waals surface area contributed by atoms with Crippen molar-refractivity contribution in [3.8, 4) is 0 Å². The molecule has 0 radical (unpaired) electrons. The Hall–Kier alpha value is -1.88. The molecule has 2 atom stereocenters. The molecule has 4 N–H and O–H groups in total. The van der Waals surface area contributed by atoms with Gasteiger partial charge in [0.1, 0.15) is 6.04 Å². The van der Waals surface area contributed by atoms with Crippen LogP contribution < -0.4 is 11.1 Å². The van der Waals surface area contributed by atoms with Gasteiger partial charge >= 0.3 is 5.97 Å². The average Bonchev–Trinajstić information content (AvgIpc) is 2.55. The van der Waals surface area contributed by atoms with Crippen LogP contribution in [-0.4, -0.2) is 23.0 Å². The van der Waals surface area contributed by atoms with E-state index in [-0.39, 0.29) is 12.3 Å². The van der Waals surface area contributed by atoms with E-state index in [9.17, 15) is 9.59 Å². The molecular weight excluding hydrogens is 208 g/mol. The maximum Gasteiger partial charge on any atom is 0.320 e. The number of fused-ring (bicyclic) bond motifs is 1. The van der Waals surface area contributed by atoms with Gasteiger partial charge in [-0.15, -0.1) is 0 Å². The fraction of sp³-hybridized carbons (Fsp3) is 0.273. The molecule has 0 saturated carbocycles. The Kier molecular flexibility index (Phi) is 2.62. The van der Waals surface area contributed by atoms with Crippen LogP contribution >= 0.6 is 0 Å². The molecule has 0 bridgehead atoms. The van der Waals surface area contributed by atoms with Gasteiger partial charge in [-0.25, -0.2) is 0 Å². The van der Waals surface area contributed by atoms with Crippen molar-refractivity contribution in [2.45, 2.75) is 18.4 Å². The molecule has 5 nitrogen and oxygen atoms in total. The first-order chi connectivity index (χ1) is 7.59. The number of benzene rings is 1. The molecule has 0 saturated heterocycles. The lowest BCUT2D eigenvalue weighted by atomic mass is 9.94. The number of rotatable bonds is 3. The Bertz CT molecular complexity index is 445. The molecular formula is C11H12N2O3. The number of carboxylic acid groups (broad SMARTS) is 1. The summed E-state index contributed by atoms with van der Waals surface area (Å²) in [6.07, 6.45) is 0.123. The minimum atomic E-state index is -1.09. The fourth-order valence-corrected chi connectivity index (χ4v) is 1.86. The molecule has 1 aliphatic heterocycles. The van der Waals surface area contributed by atoms with E-state index in [0.717, 1.165) is 11.3 Å². The highest BCUT2D eigenvalue weighted by Gasteiger charge is 2.32. The summed E-state index contributed by atoms with van der Waals surface area (Å²) in [4.78, 5) is 22.3. The van der Waals surface area contributed by atoms with Crippen LogP contribution in [0.1, 0.15) is 17.9 Å². The lowest BCUT2D eigenvalue weighted by molar-refractivity contribution is -0.138. The maximum absolute atomic E-state index is 11.6. The topological polar surface area (TPSA) is 92.4 Å². The van der Waals surface area contributed by atoms with Crippen molar-refractivity contribution >= 4 is 17.6 Å². The van der Waals surface area contributed by atoms with Gasteiger partial charge in [-0.05, 0) is 18.1 Å². The van der Waals surface area contributed by atoms with E-state index in [4.69, 9.17) is 10.8 Å². The Morgan fingerprint density at radius 1 is 1.50 bits per heavy atom. The highest BCUT2D eigenvalue weighted by molar-refractivity contribution is 6.03. The van der Waals surface area contributed by atoms with E-state index in [1.54, 1.807) is 6.07 Å². The van der Waals surface area contributed by atoms with Gasteiger partial charge in [-0.1, -0.05) is 18.2 Å². The second-order valence-corrected chi connectivity index (χ2v) is 3.81. The Morgan fingerprint density at radius 2 is 2.19 bits per heavy atom. The smallest absolute Gasteiger partial charge is 0.320 e. The van der Waals surface area contributed by atoms with Gasteiger partial charge < -0.3 is 16.2 Å². The molecule has 5 heteroatoms. The number of amides is 1. The number of hydrogen-bond donors (Lipinski definition) is 3. The molecule has 0 unspecified atom stereocenters. The van der Waals surface area contributed by atoms with Gasteiger partial charge in [0.2, 0.25) is 5.91 Å². The van der Waals surface area contributed by atoms with Crippen LogP contribution in [0.15, 0.2) is 24.3 Å². The first-order valence-electron chi connectivity index (χ1n) is 4.98. The van der Waals surface area contributed by atoms with Crippen molar-refractivity contribution in [3.05, 3.63) is 29.8 Å². The normalized spacial score (nSPS) is 20.1. The van der Waals surface area contributed by atoms with Crippen LogP contribution in [0.3, 0.4) is 0 Å². The highest BCUT2D eigenvalue weighted by Crippen LogP contribution is 2.34. The van der Waals surface area contributed by atoms with Crippen LogP contribution in [0, 0.1) is 0 Å². The monoisotopic (exact) mass is 220 g/mol. The third-order valence-electron chi connectivity index (χ3n) is 2.72. The highest BCUT2D eigenvalue weighted by atomic mass is 16.4. The first-order valence-corrected chi connectivity index (χ1v) is 4.98. The van der Waals surface area contributed by atoms with Crippen molar-refractivity contribution < 1.29 is 14.7 Å². The van der Waals surface area contributed by atoms with E-state index in [2.05, 4.69) is 5.32 Å². The molecule has 2 rings (SSSR count). The summed E-state index contributed by atoms with van der Waals surface area (Å²) in [7, 11) is 0. The van der Waals surface area contributed by atoms with Gasteiger partial charge in [0, 0.05) is 5.69 Å². The number of nitrogens with two attached hydrogens (primary N) is 1. The van der Waals surface area contributed by atoms with E-state index in [0.29, 0.717) is 0 Å². The molecule has 1 aliphatic rings. The number of carbonyl (C=O) groups is 2. The van der Waals surface area contributed by atoms with Crippen molar-refractivity contribution in [1.29, 1.82) is 0 Å². The van der Waals surface area contributed by atoms with Crippen LogP contribution in [-0.2, 0) is 9.59 Å². The second kappa shape index (κ2) is 3.94. The Labute approximate surface area is 92.3 Å². The predicted molar refractivity (Wildman–Crippen MR) is 58.0 cm³/mol. The number of hydrogen-bond acceptors (Lipinski definition) is 3. The number of nitrogens with one attached hydrogen (secondary N) is 1. The molecule has 0 spiro atoms. The lowest BCUT2D eigenvalue weighted by Crippen LogP contribution is -2.33. The van der Waals surface area contributed by atoms with Crippen LogP contribution in [0.5, 0.6) is 0 Å². The Morgan fingerprint density at radius 3 is 2.88 bits per heavy atom. The fourth-order valence-electron chi connectivity index (χ4n) is 1.86. The van der Waals surface area contributed by atoms with Crippen molar-refractivity contribution in [1.82, 2.24) is 0 Å². The SMILES string of the molecule is N[C@@H](C[C@H]1C(=O)Nc2ccccc21)C(=O)O. The van der Waals surface area contributed by atoms with E-state index in [1.165, 1.54) is 0 Å². The van der Waals surface area contributed by atoms with E-state index >= 15 is 0 Å². The largest absolute Gasteiger partial charge is 0.480 e. The summed E-state index contributed by atoms with van der Waals surface area (Å²) in [5, 5.41) is 11.4. The van der Waals surface area contributed by atoms with Crippen LogP contribution in [0.2, 0.25) is 0 Å². The van der Waals surface area contributed by atoms with Crippen molar-refractivity contribution in [2.24, 2.45) is 5.73 Å². The third-order valence-corrected chi connectivity index (χ3v) is 2.72. The summed E-state index contributed by atoms with van der Waals surface area (Å²) >= 11 is 0. The summed E-state index contributed by atoms with van der Waals surface area (Å²) in [6, 6.07) is 6.23. The zero-order valence-corrected chi connectivity index (χ0v) is 8.51. The van der Waals surface area contributed by atoms with E-state index < -0.39 is 17.9 Å². The standard InChI is InChI=1S/C11H12N2O3/c12-8(11(15)16)5-7-6-3-1-2-4-9(6)13-10(7)14/h1-4,7-8H,5,12H2,(H,13,14)(H,15,16)/t7-,8+/m1/s1. The average molecular weight is 220 g/mol. The number of aliphatic carboxylic acids is 1. The molecule has 1 heterocycles. The van der Waals surface area contributed by atoms with Gasteiger partial charge in [0.05, 0.1) is 5.92 Å². The lowest BCUT2D eigenvalue weighted by Gasteiger charge is -2.11. The molecule has 0 aromatic heterocycles. The first kappa shape index (κ1) is 10.6. The van der Waals surface area contributed by atoms with Gasteiger partial charge in [-0.2, -0.15) is 0 Å². The predicted octanol–water partition coefficient (Wildman–Crippen LogP) is 0.524. The third kappa shape index (κ3) is 1.77. The number of para-hydroxylation sites is 1. The quantitative estimate of drug-likeness (QED) is 0.692. The molecule has 0 fully saturated rings.